The molecule has 140 valence electrons. The summed E-state index contributed by atoms with van der Waals surface area (Å²) in [5, 5.41) is 10.3. The molecule has 0 saturated heterocycles. The van der Waals surface area contributed by atoms with Crippen molar-refractivity contribution >= 4 is 28.7 Å². The zero-order chi connectivity index (χ0) is 19.9. The summed E-state index contributed by atoms with van der Waals surface area (Å²) in [7, 11) is 0. The number of halogens is 3. The molecule has 0 aliphatic carbocycles. The summed E-state index contributed by atoms with van der Waals surface area (Å²) < 4.78 is 38.9. The molecule has 0 saturated carbocycles. The van der Waals surface area contributed by atoms with Crippen LogP contribution < -0.4 is 4.90 Å². The number of nitrogens with zero attached hydrogens (tertiary/aromatic N) is 2. The van der Waals surface area contributed by atoms with Gasteiger partial charge in [-0.3, -0.25) is 9.69 Å². The fourth-order valence-electron chi connectivity index (χ4n) is 3.09. The van der Waals surface area contributed by atoms with Gasteiger partial charge >= 0.3 is 6.18 Å². The quantitative estimate of drug-likeness (QED) is 0.662. The van der Waals surface area contributed by atoms with Crippen molar-refractivity contribution in [2.75, 3.05) is 4.90 Å². The minimum absolute atomic E-state index is 0.00220. The Morgan fingerprint density at radius 3 is 2.32 bits per heavy atom. The van der Waals surface area contributed by atoms with Crippen LogP contribution in [0.4, 0.5) is 30.2 Å². The van der Waals surface area contributed by atoms with Gasteiger partial charge in [-0.1, -0.05) is 36.4 Å². The summed E-state index contributed by atoms with van der Waals surface area (Å²) >= 11 is 0. The highest BCUT2D eigenvalue weighted by Gasteiger charge is 2.37. The van der Waals surface area contributed by atoms with Gasteiger partial charge in [-0.05, 0) is 36.4 Å². The standard InChI is InChI=1S/C21H13F3N2O2/c22-21(23,24)13-6-4-7-14(12-13)25-18-16-10-5-11-17(27)19(16)26(20(18)28)15-8-2-1-3-9-15/h1-12,27H/b25-18-. The first kappa shape index (κ1) is 17.8. The van der Waals surface area contributed by atoms with Crippen LogP contribution in [0.2, 0.25) is 0 Å². The zero-order valence-electron chi connectivity index (χ0n) is 14.3. The number of hydrogen-bond donors (Lipinski definition) is 1. The number of fused-ring (bicyclic) bond motifs is 1. The second-order valence-electron chi connectivity index (χ2n) is 6.16. The molecule has 0 unspecified atom stereocenters. The van der Waals surface area contributed by atoms with Crippen LogP contribution in [0.15, 0.2) is 77.8 Å². The van der Waals surface area contributed by atoms with E-state index in [1.165, 1.54) is 23.1 Å². The number of para-hydroxylation sites is 2. The van der Waals surface area contributed by atoms with Crippen molar-refractivity contribution in [3.63, 3.8) is 0 Å². The van der Waals surface area contributed by atoms with Crippen molar-refractivity contribution in [3.05, 3.63) is 83.9 Å². The largest absolute Gasteiger partial charge is 0.506 e. The fourth-order valence-corrected chi connectivity index (χ4v) is 3.09. The van der Waals surface area contributed by atoms with Crippen molar-refractivity contribution in [1.29, 1.82) is 0 Å². The maximum Gasteiger partial charge on any atom is 0.416 e. The van der Waals surface area contributed by atoms with Crippen LogP contribution >= 0.6 is 0 Å². The van der Waals surface area contributed by atoms with Crippen LogP contribution in [0.1, 0.15) is 11.1 Å². The van der Waals surface area contributed by atoms with Gasteiger partial charge in [-0.15, -0.1) is 0 Å². The van der Waals surface area contributed by atoms with Crippen LogP contribution in [-0.2, 0) is 11.0 Å². The van der Waals surface area contributed by atoms with Gasteiger partial charge in [-0.25, -0.2) is 4.99 Å². The summed E-state index contributed by atoms with van der Waals surface area (Å²) in [6.07, 6.45) is -4.51. The molecule has 4 nitrogen and oxygen atoms in total. The zero-order valence-corrected chi connectivity index (χ0v) is 14.3. The number of amides is 1. The average Bonchev–Trinajstić information content (AvgIpc) is 2.95. The third kappa shape index (κ3) is 3.00. The lowest BCUT2D eigenvalue weighted by molar-refractivity contribution is -0.137. The smallest absolute Gasteiger partial charge is 0.416 e. The maximum atomic E-state index is 13.1. The highest BCUT2D eigenvalue weighted by molar-refractivity contribution is 6.56. The minimum atomic E-state index is -4.51. The lowest BCUT2D eigenvalue weighted by Gasteiger charge is -2.17. The Bertz CT molecular complexity index is 1090. The predicted octanol–water partition coefficient (Wildman–Crippen LogP) is 5.21. The molecule has 1 aliphatic heterocycles. The molecule has 0 spiro atoms. The van der Waals surface area contributed by atoms with E-state index in [1.54, 1.807) is 42.5 Å². The van der Waals surface area contributed by atoms with Gasteiger partial charge in [0.2, 0.25) is 0 Å². The van der Waals surface area contributed by atoms with Gasteiger partial charge in [0.1, 0.15) is 17.1 Å². The Hall–Kier alpha value is -3.61. The number of benzene rings is 3. The van der Waals surface area contributed by atoms with E-state index in [2.05, 4.69) is 4.99 Å². The normalized spacial score (nSPS) is 15.2. The summed E-state index contributed by atoms with van der Waals surface area (Å²) in [6, 6.07) is 17.7. The first-order valence-corrected chi connectivity index (χ1v) is 8.34. The van der Waals surface area contributed by atoms with E-state index in [4.69, 9.17) is 0 Å². The molecule has 3 aromatic carbocycles. The number of anilines is 2. The molecule has 0 atom stereocenters. The van der Waals surface area contributed by atoms with E-state index >= 15 is 0 Å². The molecule has 7 heteroatoms. The molecule has 3 aromatic rings. The van der Waals surface area contributed by atoms with E-state index in [0.717, 1.165) is 12.1 Å². The number of hydrogen-bond acceptors (Lipinski definition) is 3. The summed E-state index contributed by atoms with van der Waals surface area (Å²) in [4.78, 5) is 18.6. The highest BCUT2D eigenvalue weighted by Crippen LogP contribution is 2.42. The van der Waals surface area contributed by atoms with Gasteiger partial charge in [0, 0.05) is 11.3 Å². The summed E-state index contributed by atoms with van der Waals surface area (Å²) in [5.74, 6) is -0.649. The monoisotopic (exact) mass is 382 g/mol. The molecule has 4 rings (SSSR count). The average molecular weight is 382 g/mol. The van der Waals surface area contributed by atoms with Gasteiger partial charge in [-0.2, -0.15) is 13.2 Å². The summed E-state index contributed by atoms with van der Waals surface area (Å²) in [5.41, 5.74) is 0.243. The van der Waals surface area contributed by atoms with Crippen LogP contribution in [0.3, 0.4) is 0 Å². The van der Waals surface area contributed by atoms with E-state index < -0.39 is 17.6 Å². The molecule has 1 aliphatic rings. The van der Waals surface area contributed by atoms with E-state index in [0.29, 0.717) is 11.3 Å². The van der Waals surface area contributed by atoms with Crippen molar-refractivity contribution in [2.45, 2.75) is 6.18 Å². The number of phenolic OH excluding ortho intramolecular Hbond substituents is 1. The third-order valence-electron chi connectivity index (χ3n) is 4.33. The number of aromatic hydroxyl groups is 1. The Morgan fingerprint density at radius 2 is 1.61 bits per heavy atom. The summed E-state index contributed by atoms with van der Waals surface area (Å²) in [6.45, 7) is 0. The number of carbonyl (C=O) groups excluding carboxylic acids is 1. The molecule has 1 heterocycles. The lowest BCUT2D eigenvalue weighted by atomic mass is 10.1. The molecule has 1 amide bonds. The Kier molecular flexibility index (Phi) is 4.15. The third-order valence-corrected chi connectivity index (χ3v) is 4.33. The molecule has 28 heavy (non-hydrogen) atoms. The molecular formula is C21H13F3N2O2. The van der Waals surface area contributed by atoms with E-state index in [-0.39, 0.29) is 22.8 Å². The first-order valence-electron chi connectivity index (χ1n) is 8.34. The number of phenols is 1. The van der Waals surface area contributed by atoms with Crippen LogP contribution in [0.5, 0.6) is 5.75 Å². The topological polar surface area (TPSA) is 52.9 Å². The number of aliphatic imine (C=N–C) groups is 1. The van der Waals surface area contributed by atoms with E-state index in [1.807, 2.05) is 0 Å². The second kappa shape index (κ2) is 6.53. The first-order chi connectivity index (χ1) is 13.4. The molecule has 1 N–H and O–H groups in total. The molecule has 0 bridgehead atoms. The molecule has 0 radical (unpaired) electrons. The highest BCUT2D eigenvalue weighted by atomic mass is 19.4. The van der Waals surface area contributed by atoms with Crippen LogP contribution in [0, 0.1) is 0 Å². The second-order valence-corrected chi connectivity index (χ2v) is 6.16. The molecule has 0 aromatic heterocycles. The molecular weight excluding hydrogens is 369 g/mol. The number of carbonyl (C=O) groups is 1. The van der Waals surface area contributed by atoms with Gasteiger partial charge in [0.05, 0.1) is 11.3 Å². The SMILES string of the molecule is O=C1/C(=N\c2cccc(C(F)(F)F)c2)c2cccc(O)c2N1c1ccccc1. The Labute approximate surface area is 158 Å². The fraction of sp³-hybridized carbons (Fsp3) is 0.0476. The Balaban J connectivity index is 1.87. The number of rotatable bonds is 2. The van der Waals surface area contributed by atoms with E-state index in [9.17, 15) is 23.1 Å². The lowest BCUT2D eigenvalue weighted by Crippen LogP contribution is -2.25. The Morgan fingerprint density at radius 1 is 0.893 bits per heavy atom. The van der Waals surface area contributed by atoms with Crippen molar-refractivity contribution in [1.82, 2.24) is 0 Å². The van der Waals surface area contributed by atoms with Crippen molar-refractivity contribution < 1.29 is 23.1 Å². The van der Waals surface area contributed by atoms with Gasteiger partial charge in [0.25, 0.3) is 5.91 Å². The van der Waals surface area contributed by atoms with Gasteiger partial charge < -0.3 is 5.11 Å². The molecule has 0 fully saturated rings. The van der Waals surface area contributed by atoms with Crippen molar-refractivity contribution in [3.8, 4) is 5.75 Å². The predicted molar refractivity (Wildman–Crippen MR) is 99.3 cm³/mol. The van der Waals surface area contributed by atoms with Gasteiger partial charge in [0.15, 0.2) is 0 Å². The number of alkyl halides is 3. The van der Waals surface area contributed by atoms with Crippen molar-refractivity contribution in [2.24, 2.45) is 4.99 Å². The minimum Gasteiger partial charge on any atom is -0.506 e. The van der Waals surface area contributed by atoms with Crippen LogP contribution in [0.25, 0.3) is 0 Å². The maximum absolute atomic E-state index is 13.1. The van der Waals surface area contributed by atoms with Crippen LogP contribution in [-0.4, -0.2) is 16.7 Å².